The Labute approximate surface area is 97.9 Å². The molecule has 17 heavy (non-hydrogen) atoms. The van der Waals surface area contributed by atoms with E-state index in [0.717, 1.165) is 12.1 Å². The van der Waals surface area contributed by atoms with Crippen molar-refractivity contribution in [3.05, 3.63) is 23.8 Å². The molecule has 2 rings (SSSR count). The molecule has 0 atom stereocenters. The first-order valence-electron chi connectivity index (χ1n) is 5.11. The number of nitrogens with zero attached hydrogens (tertiary/aromatic N) is 1. The maximum Gasteiger partial charge on any atom is 0.203 e. The minimum absolute atomic E-state index is 0.0725. The van der Waals surface area contributed by atoms with Crippen LogP contribution in [0, 0.1) is 11.6 Å². The van der Waals surface area contributed by atoms with Gasteiger partial charge in [-0.2, -0.15) is 0 Å². The van der Waals surface area contributed by atoms with Crippen LogP contribution in [0.4, 0.5) is 20.2 Å². The Morgan fingerprint density at radius 3 is 2.29 bits per heavy atom. The van der Waals surface area contributed by atoms with Crippen LogP contribution >= 0.6 is 0 Å². The Balaban J connectivity index is 2.22. The highest BCUT2D eigenvalue weighted by Gasteiger charge is 2.45. The number of nitrogens with two attached hydrogens (primary N) is 1. The van der Waals surface area contributed by atoms with Crippen molar-refractivity contribution in [3.63, 3.8) is 0 Å². The average molecular weight is 244 g/mol. The summed E-state index contributed by atoms with van der Waals surface area (Å²) in [6, 6.07) is 1.91. The Morgan fingerprint density at radius 1 is 1.24 bits per heavy atom. The Kier molecular flexibility index (Phi) is 2.92. The van der Waals surface area contributed by atoms with Crippen LogP contribution in [0.1, 0.15) is 0 Å². The van der Waals surface area contributed by atoms with Crippen molar-refractivity contribution in [2.45, 2.75) is 5.79 Å². The molecule has 1 aliphatic rings. The van der Waals surface area contributed by atoms with Crippen molar-refractivity contribution >= 4 is 11.4 Å². The Morgan fingerprint density at radius 2 is 1.82 bits per heavy atom. The number of hydrogen-bond donors (Lipinski definition) is 1. The Hall–Kier alpha value is -1.40. The van der Waals surface area contributed by atoms with E-state index in [-0.39, 0.29) is 11.4 Å². The molecule has 0 radical (unpaired) electrons. The fourth-order valence-electron chi connectivity index (χ4n) is 1.95. The largest absolute Gasteiger partial charge is 0.397 e. The van der Waals surface area contributed by atoms with Crippen molar-refractivity contribution in [1.82, 2.24) is 0 Å². The second-order valence-corrected chi connectivity index (χ2v) is 4.00. The zero-order valence-corrected chi connectivity index (χ0v) is 9.67. The predicted octanol–water partition coefficient (Wildman–Crippen LogP) is 1.36. The van der Waals surface area contributed by atoms with Crippen LogP contribution in [0.2, 0.25) is 0 Å². The molecular formula is C11H14F2N2O2. The highest BCUT2D eigenvalue weighted by Crippen LogP contribution is 2.36. The summed E-state index contributed by atoms with van der Waals surface area (Å²) in [7, 11) is 3.04. The monoisotopic (exact) mass is 244 g/mol. The van der Waals surface area contributed by atoms with Crippen molar-refractivity contribution < 1.29 is 18.3 Å². The molecule has 4 nitrogen and oxygen atoms in total. The van der Waals surface area contributed by atoms with Gasteiger partial charge in [0, 0.05) is 20.3 Å². The molecule has 0 saturated carbocycles. The molecule has 2 N–H and O–H groups in total. The smallest absolute Gasteiger partial charge is 0.203 e. The fourth-order valence-corrected chi connectivity index (χ4v) is 1.95. The number of hydrogen-bond acceptors (Lipinski definition) is 4. The SMILES string of the molecule is COC1(OC)CN(c2c(N)cc(F)cc2F)C1. The summed E-state index contributed by atoms with van der Waals surface area (Å²) in [5, 5.41) is 0. The number of ether oxygens (including phenoxy) is 2. The summed E-state index contributed by atoms with van der Waals surface area (Å²) in [6.45, 7) is 0.708. The van der Waals surface area contributed by atoms with Gasteiger partial charge in [-0.15, -0.1) is 0 Å². The second-order valence-electron chi connectivity index (χ2n) is 4.00. The quantitative estimate of drug-likeness (QED) is 0.644. The van der Waals surface area contributed by atoms with Crippen molar-refractivity contribution in [3.8, 4) is 0 Å². The number of nitrogen functional groups attached to an aromatic ring is 1. The topological polar surface area (TPSA) is 47.7 Å². The van der Waals surface area contributed by atoms with E-state index >= 15 is 0 Å². The van der Waals surface area contributed by atoms with Gasteiger partial charge in [0.25, 0.3) is 0 Å². The summed E-state index contributed by atoms with van der Waals surface area (Å²) in [4.78, 5) is 1.65. The first-order chi connectivity index (χ1) is 8.01. The minimum Gasteiger partial charge on any atom is -0.397 e. The summed E-state index contributed by atoms with van der Waals surface area (Å²) in [5.41, 5.74) is 5.86. The highest BCUT2D eigenvalue weighted by molar-refractivity contribution is 5.69. The zero-order chi connectivity index (χ0) is 12.6. The lowest BCUT2D eigenvalue weighted by Crippen LogP contribution is -2.64. The number of rotatable bonds is 3. The van der Waals surface area contributed by atoms with Gasteiger partial charge in [0.2, 0.25) is 5.79 Å². The molecule has 6 heteroatoms. The van der Waals surface area contributed by atoms with E-state index in [0.29, 0.717) is 13.1 Å². The molecule has 0 spiro atoms. The van der Waals surface area contributed by atoms with Gasteiger partial charge in [-0.05, 0) is 6.07 Å². The predicted molar refractivity (Wildman–Crippen MR) is 59.7 cm³/mol. The standard InChI is InChI=1S/C11H14F2N2O2/c1-16-11(17-2)5-15(6-11)10-8(13)3-7(12)4-9(10)14/h3-4H,5-6,14H2,1-2H3. The van der Waals surface area contributed by atoms with Crippen LogP contribution in [0.5, 0.6) is 0 Å². The van der Waals surface area contributed by atoms with E-state index in [1.807, 2.05) is 0 Å². The van der Waals surface area contributed by atoms with Crippen LogP contribution in [0.3, 0.4) is 0 Å². The van der Waals surface area contributed by atoms with Gasteiger partial charge in [-0.3, -0.25) is 0 Å². The molecule has 94 valence electrons. The normalized spacial score (nSPS) is 18.0. The van der Waals surface area contributed by atoms with Crippen molar-refractivity contribution in [1.29, 1.82) is 0 Å². The summed E-state index contributed by atoms with van der Waals surface area (Å²) >= 11 is 0. The van der Waals surface area contributed by atoms with Gasteiger partial charge in [0.1, 0.15) is 5.82 Å². The molecular weight excluding hydrogens is 230 g/mol. The van der Waals surface area contributed by atoms with Crippen LogP contribution < -0.4 is 10.6 Å². The molecule has 0 bridgehead atoms. The van der Waals surface area contributed by atoms with E-state index in [4.69, 9.17) is 15.2 Å². The molecule has 0 amide bonds. The van der Waals surface area contributed by atoms with E-state index in [2.05, 4.69) is 0 Å². The molecule has 1 aliphatic heterocycles. The summed E-state index contributed by atoms with van der Waals surface area (Å²) in [6.07, 6.45) is 0. The first kappa shape index (κ1) is 12.1. The lowest BCUT2D eigenvalue weighted by Gasteiger charge is -2.48. The van der Waals surface area contributed by atoms with Gasteiger partial charge in [0.15, 0.2) is 5.82 Å². The van der Waals surface area contributed by atoms with Gasteiger partial charge in [-0.1, -0.05) is 0 Å². The van der Waals surface area contributed by atoms with Crippen molar-refractivity contribution in [2.75, 3.05) is 37.9 Å². The molecule has 1 aromatic rings. The summed E-state index contributed by atoms with van der Waals surface area (Å²) < 4.78 is 36.8. The van der Waals surface area contributed by atoms with E-state index < -0.39 is 17.4 Å². The number of benzene rings is 1. The van der Waals surface area contributed by atoms with Crippen LogP contribution in [-0.4, -0.2) is 33.1 Å². The Bertz CT molecular complexity index is 404. The molecule has 0 unspecified atom stereocenters. The van der Waals surface area contributed by atoms with Gasteiger partial charge in [-0.25, -0.2) is 8.78 Å². The van der Waals surface area contributed by atoms with Crippen molar-refractivity contribution in [2.24, 2.45) is 0 Å². The maximum absolute atomic E-state index is 13.6. The highest BCUT2D eigenvalue weighted by atomic mass is 19.1. The van der Waals surface area contributed by atoms with Crippen LogP contribution in [0.25, 0.3) is 0 Å². The van der Waals surface area contributed by atoms with E-state index in [9.17, 15) is 8.78 Å². The molecule has 1 heterocycles. The molecule has 0 aliphatic carbocycles. The first-order valence-corrected chi connectivity index (χ1v) is 5.11. The molecule has 1 aromatic carbocycles. The lowest BCUT2D eigenvalue weighted by molar-refractivity contribution is -0.219. The molecule has 0 aromatic heterocycles. The zero-order valence-electron chi connectivity index (χ0n) is 9.67. The fraction of sp³-hybridized carbons (Fsp3) is 0.455. The van der Waals surface area contributed by atoms with Gasteiger partial charge in [0.05, 0.1) is 24.5 Å². The van der Waals surface area contributed by atoms with Gasteiger partial charge >= 0.3 is 0 Å². The van der Waals surface area contributed by atoms with Crippen LogP contribution in [-0.2, 0) is 9.47 Å². The number of halogens is 2. The molecule has 1 fully saturated rings. The minimum atomic E-state index is -0.729. The number of anilines is 2. The third-order valence-corrected chi connectivity index (χ3v) is 2.98. The molecule has 1 saturated heterocycles. The van der Waals surface area contributed by atoms with E-state index in [1.54, 1.807) is 4.90 Å². The number of methoxy groups -OCH3 is 2. The third-order valence-electron chi connectivity index (χ3n) is 2.98. The van der Waals surface area contributed by atoms with Gasteiger partial charge < -0.3 is 20.1 Å². The second kappa shape index (κ2) is 4.12. The average Bonchev–Trinajstić information content (AvgIpc) is 2.20. The van der Waals surface area contributed by atoms with E-state index in [1.165, 1.54) is 14.2 Å². The lowest BCUT2D eigenvalue weighted by atomic mass is 10.1. The third kappa shape index (κ3) is 1.94. The van der Waals surface area contributed by atoms with Crippen LogP contribution in [0.15, 0.2) is 12.1 Å². The summed E-state index contributed by atoms with van der Waals surface area (Å²) in [5.74, 6) is -2.09. The maximum atomic E-state index is 13.6.